The number of nitrogens with zero attached hydrogens (tertiary/aromatic N) is 2. The van der Waals surface area contributed by atoms with E-state index >= 15 is 0 Å². The first-order valence-electron chi connectivity index (χ1n) is 5.34. The summed E-state index contributed by atoms with van der Waals surface area (Å²) in [6, 6.07) is 0.923. The smallest absolute Gasteiger partial charge is 0.365 e. The van der Waals surface area contributed by atoms with Crippen LogP contribution in [-0.2, 0) is 11.0 Å². The second-order valence-corrected chi connectivity index (χ2v) is 3.95. The number of amides is 1. The zero-order chi connectivity index (χ0) is 14.0. The minimum Gasteiger partial charge on any atom is -0.365 e. The fourth-order valence-corrected chi connectivity index (χ4v) is 1.64. The highest BCUT2D eigenvalue weighted by atomic mass is 19.4. The summed E-state index contributed by atoms with van der Waals surface area (Å²) in [6.45, 7) is 0.329. The van der Waals surface area contributed by atoms with E-state index in [9.17, 15) is 18.0 Å². The van der Waals surface area contributed by atoms with Gasteiger partial charge in [-0.3, -0.25) is 4.79 Å². The van der Waals surface area contributed by atoms with Crippen LogP contribution in [0.1, 0.15) is 12.2 Å². The average Bonchev–Trinajstić information content (AvgIpc) is 2.73. The molecular weight excluding hydrogens is 265 g/mol. The molecule has 1 aliphatic rings. The van der Waals surface area contributed by atoms with Gasteiger partial charge in [0.25, 0.3) is 0 Å². The molecule has 1 amide bonds. The summed E-state index contributed by atoms with van der Waals surface area (Å²) in [7, 11) is 0. The second kappa shape index (κ2) is 4.88. The van der Waals surface area contributed by atoms with Crippen molar-refractivity contribution in [1.29, 1.82) is 0 Å². The molecule has 0 spiro atoms. The van der Waals surface area contributed by atoms with Crippen LogP contribution in [0.2, 0.25) is 0 Å². The van der Waals surface area contributed by atoms with Gasteiger partial charge in [-0.05, 0) is 0 Å². The highest BCUT2D eigenvalue weighted by Crippen LogP contribution is 2.28. The predicted molar refractivity (Wildman–Crippen MR) is 59.9 cm³/mol. The standard InChI is InChI=1S/C9H11F3N6O/c10-9(11,12)8-16-5(2-6(17-8)18-13)15-4-1-7(19)14-3-4/h2,4H,1,3,13H2,(H,14,19)(H2,15,16,17,18). The number of nitrogens with two attached hydrogens (primary N) is 1. The van der Waals surface area contributed by atoms with Gasteiger partial charge in [0.2, 0.25) is 11.7 Å². The average molecular weight is 276 g/mol. The third-order valence-electron chi connectivity index (χ3n) is 2.46. The third-order valence-corrected chi connectivity index (χ3v) is 2.46. The number of anilines is 2. The maximum Gasteiger partial charge on any atom is 0.451 e. The summed E-state index contributed by atoms with van der Waals surface area (Å²) in [5.74, 6) is 3.38. The van der Waals surface area contributed by atoms with Crippen molar-refractivity contribution in [3.8, 4) is 0 Å². The van der Waals surface area contributed by atoms with Crippen LogP contribution in [0.15, 0.2) is 6.07 Å². The summed E-state index contributed by atoms with van der Waals surface area (Å²) in [5, 5.41) is 5.28. The van der Waals surface area contributed by atoms with Crippen LogP contribution in [-0.4, -0.2) is 28.5 Å². The number of carbonyl (C=O) groups excluding carboxylic acids is 1. The van der Waals surface area contributed by atoms with Crippen molar-refractivity contribution >= 4 is 17.5 Å². The number of nitrogens with one attached hydrogen (secondary N) is 3. The molecule has 1 aromatic rings. The quantitative estimate of drug-likeness (QED) is 0.460. The molecule has 2 heterocycles. The van der Waals surface area contributed by atoms with Gasteiger partial charge in [-0.15, -0.1) is 0 Å². The van der Waals surface area contributed by atoms with Crippen LogP contribution in [0.5, 0.6) is 0 Å². The van der Waals surface area contributed by atoms with E-state index in [1.54, 1.807) is 0 Å². The first kappa shape index (κ1) is 13.3. The van der Waals surface area contributed by atoms with Crippen molar-refractivity contribution in [3.05, 3.63) is 11.9 Å². The van der Waals surface area contributed by atoms with Crippen molar-refractivity contribution in [2.24, 2.45) is 5.84 Å². The molecule has 1 saturated heterocycles. The van der Waals surface area contributed by atoms with Gasteiger partial charge in [0.15, 0.2) is 0 Å². The van der Waals surface area contributed by atoms with Crippen molar-refractivity contribution in [2.45, 2.75) is 18.6 Å². The molecule has 0 aromatic carbocycles. The van der Waals surface area contributed by atoms with Crippen LogP contribution in [0.25, 0.3) is 0 Å². The van der Waals surface area contributed by atoms with Gasteiger partial charge < -0.3 is 16.1 Å². The fourth-order valence-electron chi connectivity index (χ4n) is 1.64. The number of aromatic nitrogens is 2. The Balaban J connectivity index is 2.22. The van der Waals surface area contributed by atoms with E-state index in [4.69, 9.17) is 5.84 Å². The summed E-state index contributed by atoms with van der Waals surface area (Å²) in [5.41, 5.74) is 2.04. The highest BCUT2D eigenvalue weighted by molar-refractivity contribution is 5.79. The number of halogens is 3. The van der Waals surface area contributed by atoms with E-state index in [-0.39, 0.29) is 30.0 Å². The van der Waals surface area contributed by atoms with Crippen molar-refractivity contribution in [2.75, 3.05) is 17.3 Å². The number of rotatable bonds is 3. The number of hydrogen-bond donors (Lipinski definition) is 4. The normalized spacial score (nSPS) is 19.2. The lowest BCUT2D eigenvalue weighted by Crippen LogP contribution is -2.24. The molecule has 5 N–H and O–H groups in total. The molecule has 0 saturated carbocycles. The topological polar surface area (TPSA) is 105 Å². The minimum atomic E-state index is -4.67. The maximum atomic E-state index is 12.6. The Morgan fingerprint density at radius 1 is 1.37 bits per heavy atom. The molecule has 0 aliphatic carbocycles. The lowest BCUT2D eigenvalue weighted by Gasteiger charge is -2.14. The Labute approximate surface area is 105 Å². The molecule has 1 aromatic heterocycles. The zero-order valence-corrected chi connectivity index (χ0v) is 9.58. The van der Waals surface area contributed by atoms with Crippen LogP contribution in [0.4, 0.5) is 24.8 Å². The molecule has 2 rings (SSSR count). The van der Waals surface area contributed by atoms with E-state index in [0.29, 0.717) is 6.54 Å². The number of alkyl halides is 3. The largest absolute Gasteiger partial charge is 0.451 e. The van der Waals surface area contributed by atoms with Gasteiger partial charge in [0.1, 0.15) is 11.6 Å². The van der Waals surface area contributed by atoms with E-state index in [1.165, 1.54) is 6.07 Å². The first-order chi connectivity index (χ1) is 8.88. The molecule has 104 valence electrons. The molecule has 1 atom stereocenters. The summed E-state index contributed by atoms with van der Waals surface area (Å²) in [6.07, 6.45) is -4.50. The molecule has 7 nitrogen and oxygen atoms in total. The van der Waals surface area contributed by atoms with Crippen molar-refractivity contribution < 1.29 is 18.0 Å². The Morgan fingerprint density at radius 2 is 2.05 bits per heavy atom. The van der Waals surface area contributed by atoms with E-state index < -0.39 is 12.0 Å². The minimum absolute atomic E-state index is 0.0447. The number of hydrogen-bond acceptors (Lipinski definition) is 6. The molecule has 0 radical (unpaired) electrons. The maximum absolute atomic E-state index is 12.6. The molecule has 1 aliphatic heterocycles. The Kier molecular flexibility index (Phi) is 3.42. The summed E-state index contributed by atoms with van der Waals surface area (Å²) in [4.78, 5) is 17.6. The van der Waals surface area contributed by atoms with E-state index in [1.807, 2.05) is 5.43 Å². The number of nitrogen functional groups attached to an aromatic ring is 1. The number of carbonyl (C=O) groups is 1. The van der Waals surface area contributed by atoms with Gasteiger partial charge in [0.05, 0.1) is 6.04 Å². The van der Waals surface area contributed by atoms with Crippen molar-refractivity contribution in [3.63, 3.8) is 0 Å². The van der Waals surface area contributed by atoms with Crippen molar-refractivity contribution in [1.82, 2.24) is 15.3 Å². The fraction of sp³-hybridized carbons (Fsp3) is 0.444. The molecule has 0 bridgehead atoms. The van der Waals surface area contributed by atoms with E-state index in [0.717, 1.165) is 0 Å². The van der Waals surface area contributed by atoms with E-state index in [2.05, 4.69) is 20.6 Å². The van der Waals surface area contributed by atoms with Crippen LogP contribution in [0, 0.1) is 0 Å². The van der Waals surface area contributed by atoms with Gasteiger partial charge in [0, 0.05) is 19.0 Å². The number of hydrazine groups is 1. The lowest BCUT2D eigenvalue weighted by atomic mass is 10.2. The van der Waals surface area contributed by atoms with Crippen LogP contribution < -0.4 is 21.9 Å². The predicted octanol–water partition coefficient (Wildman–Crippen LogP) is 0.0814. The van der Waals surface area contributed by atoms with Gasteiger partial charge in [-0.25, -0.2) is 15.8 Å². The Hall–Kier alpha value is -2.10. The third kappa shape index (κ3) is 3.22. The summed E-state index contributed by atoms with van der Waals surface area (Å²) >= 11 is 0. The molecule has 10 heteroatoms. The summed E-state index contributed by atoms with van der Waals surface area (Å²) < 4.78 is 37.7. The molecular formula is C9H11F3N6O. The first-order valence-corrected chi connectivity index (χ1v) is 5.34. The highest BCUT2D eigenvalue weighted by Gasteiger charge is 2.35. The van der Waals surface area contributed by atoms with Gasteiger partial charge in [-0.2, -0.15) is 13.2 Å². The van der Waals surface area contributed by atoms with Gasteiger partial charge in [-0.1, -0.05) is 0 Å². The van der Waals surface area contributed by atoms with Gasteiger partial charge >= 0.3 is 6.18 Å². The molecule has 1 fully saturated rings. The van der Waals surface area contributed by atoms with Crippen LogP contribution >= 0.6 is 0 Å². The SMILES string of the molecule is NNc1cc(NC2CNC(=O)C2)nc(C(F)(F)F)n1. The Morgan fingerprint density at radius 3 is 2.58 bits per heavy atom. The monoisotopic (exact) mass is 276 g/mol. The zero-order valence-electron chi connectivity index (χ0n) is 9.58. The lowest BCUT2D eigenvalue weighted by molar-refractivity contribution is -0.144. The van der Waals surface area contributed by atoms with Crippen LogP contribution in [0.3, 0.4) is 0 Å². The second-order valence-electron chi connectivity index (χ2n) is 3.95. The molecule has 19 heavy (non-hydrogen) atoms. The Bertz CT molecular complexity index is 491. The molecule has 1 unspecified atom stereocenters.